The summed E-state index contributed by atoms with van der Waals surface area (Å²) in [6.45, 7) is 5.75. The van der Waals surface area contributed by atoms with E-state index in [2.05, 4.69) is 15.2 Å². The van der Waals surface area contributed by atoms with Gasteiger partial charge in [0.15, 0.2) is 5.96 Å². The highest BCUT2D eigenvalue weighted by molar-refractivity contribution is 5.80. The van der Waals surface area contributed by atoms with Gasteiger partial charge in [-0.25, -0.2) is 0 Å². The first-order valence-electron chi connectivity index (χ1n) is 9.94. The Hall–Kier alpha value is -1.74. The molecule has 1 aromatic rings. The van der Waals surface area contributed by atoms with E-state index in [1.54, 1.807) is 13.3 Å². The molecule has 0 aliphatic carbocycles. The van der Waals surface area contributed by atoms with Crippen LogP contribution in [0, 0.1) is 0 Å². The van der Waals surface area contributed by atoms with Gasteiger partial charge in [0.1, 0.15) is 11.8 Å². The Morgan fingerprint density at radius 2 is 1.82 bits per heavy atom. The van der Waals surface area contributed by atoms with Gasteiger partial charge in [-0.05, 0) is 45.0 Å². The standard InChI is InChI=1S/C19H30F3N5O/c1-15(19(20,21)22)25-9-11-27(12-10-25)18(23-2)24-14-16(17-6-5-13-28-17)26-7-3-4-8-26/h5-6,13,15-16H,3-4,7-12,14H2,1-2H3,(H,23,24). The molecule has 0 aromatic carbocycles. The number of guanidine groups is 1. The molecular formula is C19H30F3N5O. The van der Waals surface area contributed by atoms with Crippen LogP contribution in [-0.4, -0.2) is 85.7 Å². The van der Waals surface area contributed by atoms with Gasteiger partial charge in [-0.3, -0.25) is 14.8 Å². The Labute approximate surface area is 164 Å². The molecule has 1 N–H and O–H groups in total. The molecule has 2 aliphatic heterocycles. The van der Waals surface area contributed by atoms with Crippen LogP contribution >= 0.6 is 0 Å². The monoisotopic (exact) mass is 401 g/mol. The summed E-state index contributed by atoms with van der Waals surface area (Å²) >= 11 is 0. The summed E-state index contributed by atoms with van der Waals surface area (Å²) < 4.78 is 44.5. The molecule has 2 atom stereocenters. The molecule has 2 fully saturated rings. The van der Waals surface area contributed by atoms with Crippen LogP contribution in [0.2, 0.25) is 0 Å². The van der Waals surface area contributed by atoms with E-state index < -0.39 is 12.2 Å². The molecule has 2 aliphatic rings. The summed E-state index contributed by atoms with van der Waals surface area (Å²) in [4.78, 5) is 10.3. The van der Waals surface area contributed by atoms with Gasteiger partial charge in [0.05, 0.1) is 12.3 Å². The number of hydrogen-bond donors (Lipinski definition) is 1. The normalized spacial score (nSPS) is 22.5. The third kappa shape index (κ3) is 5.00. The first-order valence-corrected chi connectivity index (χ1v) is 9.94. The van der Waals surface area contributed by atoms with Crippen LogP contribution in [0.25, 0.3) is 0 Å². The second kappa shape index (κ2) is 9.17. The highest BCUT2D eigenvalue weighted by Gasteiger charge is 2.41. The maximum atomic E-state index is 12.9. The number of nitrogens with zero attached hydrogens (tertiary/aromatic N) is 4. The van der Waals surface area contributed by atoms with E-state index in [4.69, 9.17) is 4.42 Å². The molecule has 1 aromatic heterocycles. The highest BCUT2D eigenvalue weighted by Crippen LogP contribution is 2.26. The average Bonchev–Trinajstić information content (AvgIpc) is 3.38. The summed E-state index contributed by atoms with van der Waals surface area (Å²) in [5.41, 5.74) is 0. The molecule has 0 bridgehead atoms. The molecule has 6 nitrogen and oxygen atoms in total. The largest absolute Gasteiger partial charge is 0.468 e. The van der Waals surface area contributed by atoms with Crippen molar-refractivity contribution in [3.8, 4) is 0 Å². The Balaban J connectivity index is 1.56. The quantitative estimate of drug-likeness (QED) is 0.607. The number of aliphatic imine (C=N–C) groups is 1. The summed E-state index contributed by atoms with van der Waals surface area (Å²) in [5.74, 6) is 1.66. The van der Waals surface area contributed by atoms with Crippen LogP contribution < -0.4 is 5.32 Å². The van der Waals surface area contributed by atoms with Crippen molar-refractivity contribution in [3.05, 3.63) is 24.2 Å². The molecule has 9 heteroatoms. The molecule has 158 valence electrons. The molecule has 0 radical (unpaired) electrons. The lowest BCUT2D eigenvalue weighted by Gasteiger charge is -2.40. The third-order valence-corrected chi connectivity index (χ3v) is 5.75. The lowest BCUT2D eigenvalue weighted by molar-refractivity contribution is -0.181. The molecule has 0 amide bonds. The van der Waals surface area contributed by atoms with Crippen LogP contribution in [0.15, 0.2) is 27.8 Å². The fourth-order valence-corrected chi connectivity index (χ4v) is 3.99. The first kappa shape index (κ1) is 21.0. The Morgan fingerprint density at radius 1 is 1.14 bits per heavy atom. The van der Waals surface area contributed by atoms with Gasteiger partial charge in [-0.15, -0.1) is 0 Å². The third-order valence-electron chi connectivity index (χ3n) is 5.75. The van der Waals surface area contributed by atoms with E-state index in [1.807, 2.05) is 17.0 Å². The van der Waals surface area contributed by atoms with Crippen LogP contribution in [-0.2, 0) is 0 Å². The van der Waals surface area contributed by atoms with Crippen molar-refractivity contribution < 1.29 is 17.6 Å². The maximum Gasteiger partial charge on any atom is 0.403 e. The minimum Gasteiger partial charge on any atom is -0.468 e. The number of hydrogen-bond acceptors (Lipinski definition) is 4. The molecule has 28 heavy (non-hydrogen) atoms. The lowest BCUT2D eigenvalue weighted by Crippen LogP contribution is -2.57. The lowest BCUT2D eigenvalue weighted by atomic mass is 10.2. The Kier molecular flexibility index (Phi) is 6.87. The van der Waals surface area contributed by atoms with Gasteiger partial charge in [-0.1, -0.05) is 0 Å². The van der Waals surface area contributed by atoms with E-state index in [-0.39, 0.29) is 6.04 Å². The van der Waals surface area contributed by atoms with Crippen molar-refractivity contribution in [1.82, 2.24) is 20.0 Å². The minimum absolute atomic E-state index is 0.126. The summed E-state index contributed by atoms with van der Waals surface area (Å²) in [6.07, 6.45) is -0.126. The number of likely N-dealkylation sites (tertiary alicyclic amines) is 1. The Bertz CT molecular complexity index is 620. The van der Waals surface area contributed by atoms with Crippen LogP contribution in [0.3, 0.4) is 0 Å². The van der Waals surface area contributed by atoms with Crippen molar-refractivity contribution in [2.45, 2.75) is 38.0 Å². The highest BCUT2D eigenvalue weighted by atomic mass is 19.4. The molecule has 2 unspecified atom stereocenters. The summed E-state index contributed by atoms with van der Waals surface area (Å²) in [6, 6.07) is 2.60. The molecule has 2 saturated heterocycles. The van der Waals surface area contributed by atoms with E-state index >= 15 is 0 Å². The Morgan fingerprint density at radius 3 is 2.36 bits per heavy atom. The summed E-state index contributed by atoms with van der Waals surface area (Å²) in [5, 5.41) is 3.41. The van der Waals surface area contributed by atoms with E-state index in [0.29, 0.717) is 32.7 Å². The zero-order valence-corrected chi connectivity index (χ0v) is 16.6. The second-order valence-electron chi connectivity index (χ2n) is 7.44. The van der Waals surface area contributed by atoms with Crippen molar-refractivity contribution >= 4 is 5.96 Å². The van der Waals surface area contributed by atoms with E-state index in [1.165, 1.54) is 24.7 Å². The van der Waals surface area contributed by atoms with Crippen LogP contribution in [0.4, 0.5) is 13.2 Å². The molecule has 3 heterocycles. The van der Waals surface area contributed by atoms with E-state index in [0.717, 1.165) is 24.8 Å². The van der Waals surface area contributed by atoms with Crippen molar-refractivity contribution in [2.75, 3.05) is 52.9 Å². The number of halogens is 3. The van der Waals surface area contributed by atoms with Crippen molar-refractivity contribution in [2.24, 2.45) is 4.99 Å². The predicted molar refractivity (Wildman–Crippen MR) is 102 cm³/mol. The number of nitrogens with one attached hydrogen (secondary N) is 1. The molecule has 3 rings (SSSR count). The number of rotatable bonds is 5. The predicted octanol–water partition coefficient (Wildman–Crippen LogP) is 2.56. The number of furan rings is 1. The maximum absolute atomic E-state index is 12.9. The van der Waals surface area contributed by atoms with Crippen LogP contribution in [0.5, 0.6) is 0 Å². The van der Waals surface area contributed by atoms with Gasteiger partial charge in [-0.2, -0.15) is 13.2 Å². The zero-order valence-electron chi connectivity index (χ0n) is 16.6. The van der Waals surface area contributed by atoms with Gasteiger partial charge in [0.25, 0.3) is 0 Å². The van der Waals surface area contributed by atoms with Gasteiger partial charge < -0.3 is 14.6 Å². The van der Waals surface area contributed by atoms with Crippen molar-refractivity contribution in [3.63, 3.8) is 0 Å². The SMILES string of the molecule is CN=C(NCC(c1ccco1)N1CCCC1)N1CCN(C(C)C(F)(F)F)CC1. The average molecular weight is 401 g/mol. The smallest absolute Gasteiger partial charge is 0.403 e. The van der Waals surface area contributed by atoms with Gasteiger partial charge in [0, 0.05) is 39.8 Å². The number of alkyl halides is 3. The molecule has 0 spiro atoms. The fourth-order valence-electron chi connectivity index (χ4n) is 3.99. The number of piperazine rings is 1. The van der Waals surface area contributed by atoms with Crippen LogP contribution in [0.1, 0.15) is 31.6 Å². The second-order valence-corrected chi connectivity index (χ2v) is 7.44. The molecule has 0 saturated carbocycles. The van der Waals surface area contributed by atoms with E-state index in [9.17, 15) is 13.2 Å². The van der Waals surface area contributed by atoms with Crippen molar-refractivity contribution in [1.29, 1.82) is 0 Å². The first-order chi connectivity index (χ1) is 13.4. The minimum atomic E-state index is -4.19. The summed E-state index contributed by atoms with van der Waals surface area (Å²) in [7, 11) is 1.71. The molecular weight excluding hydrogens is 371 g/mol. The van der Waals surface area contributed by atoms with Gasteiger partial charge >= 0.3 is 6.18 Å². The van der Waals surface area contributed by atoms with Gasteiger partial charge in [0.2, 0.25) is 0 Å². The zero-order chi connectivity index (χ0) is 20.1. The topological polar surface area (TPSA) is 47.3 Å². The fraction of sp³-hybridized carbons (Fsp3) is 0.737.